The van der Waals surface area contributed by atoms with Crippen molar-refractivity contribution in [1.82, 2.24) is 4.98 Å². The molecule has 0 radical (unpaired) electrons. The molecule has 2 aromatic rings. The summed E-state index contributed by atoms with van der Waals surface area (Å²) in [4.78, 5) is 31.7. The lowest BCUT2D eigenvalue weighted by molar-refractivity contribution is -0.145. The van der Waals surface area contributed by atoms with Crippen LogP contribution >= 0.6 is 11.6 Å². The summed E-state index contributed by atoms with van der Waals surface area (Å²) < 4.78 is 5.81. The van der Waals surface area contributed by atoms with Crippen LogP contribution in [0, 0.1) is 0 Å². The fourth-order valence-electron chi connectivity index (χ4n) is 2.73. The highest BCUT2D eigenvalue weighted by Crippen LogP contribution is 2.36. The van der Waals surface area contributed by atoms with Gasteiger partial charge in [-0.25, -0.2) is 4.98 Å². The molecule has 0 saturated carbocycles. The molecule has 2 heterocycles. The Morgan fingerprint density at radius 2 is 2.04 bits per heavy atom. The quantitative estimate of drug-likeness (QED) is 0.812. The van der Waals surface area contributed by atoms with E-state index in [0.717, 1.165) is 12.8 Å². The van der Waals surface area contributed by atoms with Gasteiger partial charge in [0.25, 0.3) is 17.4 Å². The molecule has 1 aliphatic heterocycles. The summed E-state index contributed by atoms with van der Waals surface area (Å²) in [6.07, 6.45) is 3.32. The fourth-order valence-corrected chi connectivity index (χ4v) is 2.86. The van der Waals surface area contributed by atoms with Crippen molar-refractivity contribution >= 4 is 34.9 Å². The number of hydrogen-bond donors (Lipinski definition) is 1. The van der Waals surface area contributed by atoms with Crippen LogP contribution in [0.3, 0.4) is 0 Å². The highest BCUT2D eigenvalue weighted by molar-refractivity contribution is 6.30. The van der Waals surface area contributed by atoms with Gasteiger partial charge in [0.1, 0.15) is 0 Å². The van der Waals surface area contributed by atoms with Crippen LogP contribution < -0.4 is 15.0 Å². The van der Waals surface area contributed by atoms with Crippen molar-refractivity contribution < 1.29 is 14.3 Å². The number of fused-ring (bicyclic) bond motifs is 1. The Bertz CT molecular complexity index is 825. The van der Waals surface area contributed by atoms with E-state index >= 15 is 0 Å². The number of nitrogens with zero attached hydrogens (tertiary/aromatic N) is 2. The van der Waals surface area contributed by atoms with Crippen LogP contribution in [0.4, 0.5) is 11.5 Å². The van der Waals surface area contributed by atoms with Crippen molar-refractivity contribution in [3.05, 3.63) is 47.6 Å². The molecule has 1 aromatic carbocycles. The predicted octanol–water partition coefficient (Wildman–Crippen LogP) is 3.66. The molecule has 1 atom stereocenters. The van der Waals surface area contributed by atoms with Crippen LogP contribution in [0.15, 0.2) is 42.6 Å². The lowest BCUT2D eigenvalue weighted by Gasteiger charge is -2.38. The third kappa shape index (κ3) is 3.37. The lowest BCUT2D eigenvalue weighted by atomic mass is 10.0. The average Bonchev–Trinajstić information content (AvgIpc) is 2.64. The van der Waals surface area contributed by atoms with E-state index in [1.54, 1.807) is 42.6 Å². The molecule has 6 nitrogen and oxygen atoms in total. The van der Waals surface area contributed by atoms with Gasteiger partial charge < -0.3 is 10.1 Å². The molecule has 1 aromatic heterocycles. The smallest absolute Gasteiger partial charge is 0.282 e. The minimum absolute atomic E-state index is 0.414. The number of unbranched alkanes of at least 4 members (excludes halogenated alkanes) is 1. The van der Waals surface area contributed by atoms with Crippen LogP contribution in [0.1, 0.15) is 26.7 Å². The van der Waals surface area contributed by atoms with Gasteiger partial charge in [-0.3, -0.25) is 14.5 Å². The molecule has 0 aliphatic carbocycles. The second kappa shape index (κ2) is 7.33. The van der Waals surface area contributed by atoms with Crippen LogP contribution in [-0.2, 0) is 9.59 Å². The van der Waals surface area contributed by atoms with Gasteiger partial charge in [-0.2, -0.15) is 0 Å². The molecular weight excluding hydrogens is 354 g/mol. The first kappa shape index (κ1) is 18.2. The Morgan fingerprint density at radius 3 is 2.73 bits per heavy atom. The molecule has 0 spiro atoms. The average molecular weight is 374 g/mol. The van der Waals surface area contributed by atoms with E-state index in [2.05, 4.69) is 10.3 Å². The number of carbonyl (C=O) groups excluding carboxylic acids is 2. The molecule has 0 unspecified atom stereocenters. The van der Waals surface area contributed by atoms with Crippen LogP contribution in [0.2, 0.25) is 5.02 Å². The maximum atomic E-state index is 13.1. The number of amides is 2. The van der Waals surface area contributed by atoms with Crippen molar-refractivity contribution in [1.29, 1.82) is 0 Å². The normalized spacial score (nSPS) is 18.9. The maximum Gasteiger partial charge on any atom is 0.282 e. The summed E-state index contributed by atoms with van der Waals surface area (Å²) in [7, 11) is 0. The van der Waals surface area contributed by atoms with Gasteiger partial charge in [-0.05, 0) is 49.7 Å². The van der Waals surface area contributed by atoms with Gasteiger partial charge in [0.15, 0.2) is 11.6 Å². The van der Waals surface area contributed by atoms with Crippen LogP contribution in [-0.4, -0.2) is 28.9 Å². The largest absolute Gasteiger partial charge is 0.464 e. The van der Waals surface area contributed by atoms with Crippen molar-refractivity contribution in [3.63, 3.8) is 0 Å². The van der Waals surface area contributed by atoms with Gasteiger partial charge >= 0.3 is 0 Å². The van der Waals surface area contributed by atoms with Crippen LogP contribution in [0.25, 0.3) is 0 Å². The number of halogens is 1. The topological polar surface area (TPSA) is 71.5 Å². The molecular formula is C19H20ClN3O3. The molecule has 0 saturated heterocycles. The monoisotopic (exact) mass is 373 g/mol. The van der Waals surface area contributed by atoms with E-state index in [4.69, 9.17) is 16.3 Å². The van der Waals surface area contributed by atoms with Crippen molar-refractivity contribution in [2.75, 3.05) is 16.8 Å². The summed E-state index contributed by atoms with van der Waals surface area (Å²) in [6, 6.07) is 10.1. The predicted molar refractivity (Wildman–Crippen MR) is 101 cm³/mol. The molecule has 0 bridgehead atoms. The van der Waals surface area contributed by atoms with Gasteiger partial charge in [0.2, 0.25) is 0 Å². The molecule has 2 amide bonds. The molecule has 26 heavy (non-hydrogen) atoms. The summed E-state index contributed by atoms with van der Waals surface area (Å²) in [5, 5.41) is 3.29. The number of rotatable bonds is 5. The number of carbonyl (C=O) groups is 2. The van der Waals surface area contributed by atoms with E-state index in [1.807, 2.05) is 6.92 Å². The second-order valence-corrected chi connectivity index (χ2v) is 6.67. The summed E-state index contributed by atoms with van der Waals surface area (Å²) in [5.41, 5.74) is -1.14. The third-order valence-corrected chi connectivity index (χ3v) is 4.50. The number of hydrogen-bond acceptors (Lipinski definition) is 4. The molecule has 7 heteroatoms. The van der Waals surface area contributed by atoms with Crippen molar-refractivity contribution in [2.45, 2.75) is 32.3 Å². The SMILES string of the molecule is CCCCN1C(=O)[C@@](C)(C(=O)Nc2ccc(Cl)cc2)Oc2cccnc21. The number of pyridine rings is 1. The summed E-state index contributed by atoms with van der Waals surface area (Å²) in [6.45, 7) is 4.00. The van der Waals surface area contributed by atoms with E-state index in [-0.39, 0.29) is 0 Å². The van der Waals surface area contributed by atoms with Crippen LogP contribution in [0.5, 0.6) is 5.75 Å². The zero-order valence-corrected chi connectivity index (χ0v) is 15.4. The third-order valence-electron chi connectivity index (χ3n) is 4.24. The highest BCUT2D eigenvalue weighted by Gasteiger charge is 2.51. The summed E-state index contributed by atoms with van der Waals surface area (Å²) in [5.74, 6) is -0.107. The Morgan fingerprint density at radius 1 is 1.31 bits per heavy atom. The van der Waals surface area contributed by atoms with E-state index < -0.39 is 17.4 Å². The van der Waals surface area contributed by atoms with Gasteiger partial charge in [-0.15, -0.1) is 0 Å². The Balaban J connectivity index is 1.91. The van der Waals surface area contributed by atoms with E-state index in [1.165, 1.54) is 11.8 Å². The minimum atomic E-state index is -1.68. The molecule has 3 rings (SSSR count). The number of aromatic nitrogens is 1. The van der Waals surface area contributed by atoms with Crippen molar-refractivity contribution in [3.8, 4) is 5.75 Å². The van der Waals surface area contributed by atoms with E-state index in [9.17, 15) is 9.59 Å². The maximum absolute atomic E-state index is 13.1. The first-order valence-corrected chi connectivity index (χ1v) is 8.86. The Labute approximate surface area is 157 Å². The number of ether oxygens (including phenoxy) is 1. The zero-order valence-electron chi connectivity index (χ0n) is 14.7. The lowest BCUT2D eigenvalue weighted by Crippen LogP contribution is -2.61. The Hall–Kier alpha value is -2.60. The van der Waals surface area contributed by atoms with Gasteiger partial charge in [0, 0.05) is 23.5 Å². The first-order valence-electron chi connectivity index (χ1n) is 8.48. The summed E-state index contributed by atoms with van der Waals surface area (Å²) >= 11 is 5.87. The van der Waals surface area contributed by atoms with Gasteiger partial charge in [-0.1, -0.05) is 24.9 Å². The minimum Gasteiger partial charge on any atom is -0.464 e. The zero-order chi connectivity index (χ0) is 18.7. The Kier molecular flexibility index (Phi) is 5.13. The number of anilines is 2. The second-order valence-electron chi connectivity index (χ2n) is 6.23. The molecule has 1 aliphatic rings. The van der Waals surface area contributed by atoms with E-state index in [0.29, 0.717) is 28.8 Å². The van der Waals surface area contributed by atoms with Crippen molar-refractivity contribution in [2.24, 2.45) is 0 Å². The fraction of sp³-hybridized carbons (Fsp3) is 0.316. The molecule has 136 valence electrons. The molecule has 0 fully saturated rings. The first-order chi connectivity index (χ1) is 12.5. The molecule has 1 N–H and O–H groups in total. The number of benzene rings is 1. The number of nitrogens with one attached hydrogen (secondary N) is 1. The highest BCUT2D eigenvalue weighted by atomic mass is 35.5. The standard InChI is InChI=1S/C19H20ClN3O3/c1-3-4-12-23-16-15(6-5-11-21-16)26-19(2,18(23)25)17(24)22-14-9-7-13(20)8-10-14/h5-11H,3-4,12H2,1-2H3,(H,22,24)/t19-/m1/s1. The van der Waals surface area contributed by atoms with Gasteiger partial charge in [0.05, 0.1) is 0 Å².